The van der Waals surface area contributed by atoms with Crippen molar-refractivity contribution in [2.24, 2.45) is 0 Å². The maximum atomic E-state index is 13.1. The number of halogens is 3. The summed E-state index contributed by atoms with van der Waals surface area (Å²) in [6, 6.07) is 28.5. The van der Waals surface area contributed by atoms with Gasteiger partial charge in [-0.3, -0.25) is 4.98 Å². The molecule has 0 aliphatic carbocycles. The Morgan fingerprint density at radius 3 is 2.29 bits per heavy atom. The normalized spacial score (nSPS) is 16.1. The Labute approximate surface area is 219 Å². The van der Waals surface area contributed by atoms with Crippen LogP contribution in [0.15, 0.2) is 103 Å². The Morgan fingerprint density at radius 2 is 1.47 bits per heavy atom. The summed E-state index contributed by atoms with van der Waals surface area (Å²) >= 11 is 0. The van der Waals surface area contributed by atoms with Crippen LogP contribution in [0.5, 0.6) is 11.6 Å². The SMILES string of the molecule is Cc1ccnc([Si]2(C)c3ccccc3-c3ccc(-c4cccc(Oc5cc(C(F)(F)F)ccn5)c4)cc32)c1. The number of benzene rings is 3. The third kappa shape index (κ3) is 4.09. The van der Waals surface area contributed by atoms with E-state index >= 15 is 0 Å². The van der Waals surface area contributed by atoms with Gasteiger partial charge in [0, 0.05) is 23.8 Å². The van der Waals surface area contributed by atoms with E-state index in [1.807, 2.05) is 30.5 Å². The van der Waals surface area contributed by atoms with E-state index in [0.717, 1.165) is 34.8 Å². The molecule has 0 saturated heterocycles. The Balaban J connectivity index is 1.41. The summed E-state index contributed by atoms with van der Waals surface area (Å²) in [7, 11) is -2.36. The van der Waals surface area contributed by atoms with Crippen molar-refractivity contribution in [2.75, 3.05) is 0 Å². The van der Waals surface area contributed by atoms with E-state index in [1.54, 1.807) is 6.07 Å². The number of aromatic nitrogens is 2. The summed E-state index contributed by atoms with van der Waals surface area (Å²) < 4.78 is 45.1. The topological polar surface area (TPSA) is 35.0 Å². The lowest BCUT2D eigenvalue weighted by atomic mass is 10.0. The number of hydrogen-bond donors (Lipinski definition) is 0. The minimum Gasteiger partial charge on any atom is -0.439 e. The molecule has 2 aromatic heterocycles. The number of hydrogen-bond acceptors (Lipinski definition) is 3. The average Bonchev–Trinajstić information content (AvgIpc) is 3.17. The Hall–Kier alpha value is -4.23. The summed E-state index contributed by atoms with van der Waals surface area (Å²) in [5.41, 5.74) is 4.76. The molecule has 188 valence electrons. The van der Waals surface area contributed by atoms with Crippen molar-refractivity contribution in [1.29, 1.82) is 0 Å². The Kier molecular flexibility index (Phi) is 5.68. The van der Waals surface area contributed by atoms with E-state index in [4.69, 9.17) is 9.72 Å². The lowest BCUT2D eigenvalue weighted by molar-refractivity contribution is -0.137. The number of nitrogens with zero attached hydrogens (tertiary/aromatic N) is 2. The molecule has 38 heavy (non-hydrogen) atoms. The molecular formula is C31H23F3N2OSi. The molecule has 5 aromatic rings. The fourth-order valence-corrected chi connectivity index (χ4v) is 9.34. The second-order valence-corrected chi connectivity index (χ2v) is 13.5. The van der Waals surface area contributed by atoms with Gasteiger partial charge < -0.3 is 4.74 Å². The van der Waals surface area contributed by atoms with Gasteiger partial charge in [0.2, 0.25) is 5.88 Å². The zero-order valence-corrected chi connectivity index (χ0v) is 21.8. The van der Waals surface area contributed by atoms with Gasteiger partial charge in [0.1, 0.15) is 5.75 Å². The van der Waals surface area contributed by atoms with Crippen molar-refractivity contribution in [3.8, 4) is 33.9 Å². The summed E-state index contributed by atoms with van der Waals surface area (Å²) in [6.45, 7) is 4.44. The predicted molar refractivity (Wildman–Crippen MR) is 146 cm³/mol. The number of ether oxygens (including phenoxy) is 1. The van der Waals surface area contributed by atoms with Gasteiger partial charge in [-0.2, -0.15) is 13.2 Å². The van der Waals surface area contributed by atoms with E-state index in [1.165, 1.54) is 27.1 Å². The molecule has 3 heterocycles. The number of rotatable bonds is 4. The minimum absolute atomic E-state index is 0.105. The molecule has 6 rings (SSSR count). The van der Waals surface area contributed by atoms with Gasteiger partial charge in [-0.25, -0.2) is 4.98 Å². The molecule has 1 aliphatic heterocycles. The van der Waals surface area contributed by atoms with Crippen molar-refractivity contribution in [3.63, 3.8) is 0 Å². The van der Waals surface area contributed by atoms with Crippen LogP contribution in [0.3, 0.4) is 0 Å². The first-order valence-corrected chi connectivity index (χ1v) is 14.7. The van der Waals surface area contributed by atoms with Gasteiger partial charge in [0.15, 0.2) is 8.07 Å². The fourth-order valence-electron chi connectivity index (χ4n) is 5.26. The summed E-state index contributed by atoms with van der Waals surface area (Å²) in [5, 5.41) is 3.76. The molecule has 0 amide bonds. The molecule has 3 nitrogen and oxygen atoms in total. The number of fused-ring (bicyclic) bond motifs is 3. The van der Waals surface area contributed by atoms with Crippen molar-refractivity contribution >= 4 is 23.8 Å². The van der Waals surface area contributed by atoms with E-state index in [2.05, 4.69) is 67.0 Å². The van der Waals surface area contributed by atoms with E-state index in [9.17, 15) is 13.2 Å². The highest BCUT2D eigenvalue weighted by atomic mass is 28.3. The zero-order valence-electron chi connectivity index (χ0n) is 20.8. The van der Waals surface area contributed by atoms with E-state index in [0.29, 0.717) is 5.75 Å². The lowest BCUT2D eigenvalue weighted by Crippen LogP contribution is -2.63. The van der Waals surface area contributed by atoms with Crippen LogP contribution in [-0.4, -0.2) is 18.0 Å². The largest absolute Gasteiger partial charge is 0.439 e. The van der Waals surface area contributed by atoms with Gasteiger partial charge in [0.25, 0.3) is 0 Å². The first-order valence-electron chi connectivity index (χ1n) is 12.2. The molecule has 0 N–H and O–H groups in total. The lowest BCUT2D eigenvalue weighted by Gasteiger charge is -2.25. The minimum atomic E-state index is -4.46. The molecule has 7 heteroatoms. The van der Waals surface area contributed by atoms with Gasteiger partial charge in [-0.1, -0.05) is 61.1 Å². The maximum absolute atomic E-state index is 13.1. The molecule has 0 bridgehead atoms. The van der Waals surface area contributed by atoms with Crippen LogP contribution in [0.2, 0.25) is 6.55 Å². The number of alkyl halides is 3. The highest BCUT2D eigenvalue weighted by molar-refractivity contribution is 7.13. The molecule has 1 unspecified atom stereocenters. The van der Waals surface area contributed by atoms with Crippen molar-refractivity contribution < 1.29 is 17.9 Å². The first kappa shape index (κ1) is 24.1. The summed E-state index contributed by atoms with van der Waals surface area (Å²) in [4.78, 5) is 8.79. The van der Waals surface area contributed by atoms with E-state index < -0.39 is 19.8 Å². The molecule has 0 radical (unpaired) electrons. The van der Waals surface area contributed by atoms with E-state index in [-0.39, 0.29) is 5.88 Å². The highest BCUT2D eigenvalue weighted by Gasteiger charge is 2.44. The zero-order chi connectivity index (χ0) is 26.5. The molecule has 0 saturated carbocycles. The smallest absolute Gasteiger partial charge is 0.416 e. The average molecular weight is 525 g/mol. The van der Waals surface area contributed by atoms with Crippen LogP contribution in [0.4, 0.5) is 13.2 Å². The quantitative estimate of drug-likeness (QED) is 0.257. The van der Waals surface area contributed by atoms with Crippen LogP contribution in [-0.2, 0) is 6.18 Å². The summed E-state index contributed by atoms with van der Waals surface area (Å²) in [5.74, 6) is 0.311. The Morgan fingerprint density at radius 1 is 0.711 bits per heavy atom. The van der Waals surface area contributed by atoms with Crippen molar-refractivity contribution in [3.05, 3.63) is 115 Å². The number of pyridine rings is 2. The van der Waals surface area contributed by atoms with Crippen molar-refractivity contribution in [2.45, 2.75) is 19.6 Å². The van der Waals surface area contributed by atoms with Gasteiger partial charge >= 0.3 is 6.18 Å². The van der Waals surface area contributed by atoms with Gasteiger partial charge in [-0.05, 0) is 75.4 Å². The third-order valence-electron chi connectivity index (χ3n) is 7.19. The first-order chi connectivity index (χ1) is 18.2. The van der Waals surface area contributed by atoms with Gasteiger partial charge in [0.05, 0.1) is 5.56 Å². The predicted octanol–water partition coefficient (Wildman–Crippen LogP) is 6.34. The van der Waals surface area contributed by atoms with Crippen LogP contribution in [0.1, 0.15) is 11.1 Å². The van der Waals surface area contributed by atoms with Crippen LogP contribution < -0.4 is 20.4 Å². The molecule has 1 atom stereocenters. The third-order valence-corrected chi connectivity index (χ3v) is 11.5. The van der Waals surface area contributed by atoms with Crippen molar-refractivity contribution in [1.82, 2.24) is 9.97 Å². The molecule has 0 spiro atoms. The molecule has 1 aliphatic rings. The molecule has 3 aromatic carbocycles. The Bertz CT molecular complexity index is 1680. The molecule has 0 fully saturated rings. The maximum Gasteiger partial charge on any atom is 0.416 e. The standard InChI is InChI=1S/C31H23F3N2OSi/c1-20-12-14-36-30(16-20)38(2)27-9-4-3-8-25(27)26-11-10-22(18-28(26)38)21-6-5-7-24(17-21)37-29-19-23(13-15-35-29)31(32,33)34/h3-19H,1-2H3. The van der Waals surface area contributed by atoms with Gasteiger partial charge in [-0.15, -0.1) is 0 Å². The highest BCUT2D eigenvalue weighted by Crippen LogP contribution is 2.34. The van der Waals surface area contributed by atoms with Crippen LogP contribution in [0.25, 0.3) is 22.3 Å². The number of aryl methyl sites for hydroxylation is 1. The second-order valence-electron chi connectivity index (χ2n) is 9.66. The monoisotopic (exact) mass is 524 g/mol. The molecular weight excluding hydrogens is 501 g/mol. The fraction of sp³-hybridized carbons (Fsp3) is 0.0968. The second kappa shape index (κ2) is 8.95. The van der Waals surface area contributed by atoms with Crippen LogP contribution in [0, 0.1) is 6.92 Å². The van der Waals surface area contributed by atoms with Crippen LogP contribution >= 0.6 is 0 Å². The summed E-state index contributed by atoms with van der Waals surface area (Å²) in [6.07, 6.45) is -1.48.